The van der Waals surface area contributed by atoms with Crippen LogP contribution in [-0.2, 0) is 16.0 Å². The van der Waals surface area contributed by atoms with E-state index in [1.54, 1.807) is 0 Å². The molecule has 3 rings (SSSR count). The number of carbonyl (C=O) groups is 2. The zero-order valence-corrected chi connectivity index (χ0v) is 15.3. The minimum absolute atomic E-state index is 0.0318. The van der Waals surface area contributed by atoms with E-state index in [4.69, 9.17) is 0 Å². The van der Waals surface area contributed by atoms with Crippen molar-refractivity contribution in [2.75, 3.05) is 18.0 Å². The normalized spacial score (nSPS) is 15.1. The van der Waals surface area contributed by atoms with Gasteiger partial charge in [-0.1, -0.05) is 49.4 Å². The van der Waals surface area contributed by atoms with Crippen LogP contribution in [0.3, 0.4) is 0 Å². The zero-order valence-electron chi connectivity index (χ0n) is 15.3. The first-order chi connectivity index (χ1) is 12.7. The average molecular weight is 350 g/mol. The van der Waals surface area contributed by atoms with Crippen LogP contribution in [0.5, 0.6) is 0 Å². The van der Waals surface area contributed by atoms with Gasteiger partial charge < -0.3 is 10.2 Å². The first-order valence-electron chi connectivity index (χ1n) is 9.38. The van der Waals surface area contributed by atoms with E-state index in [0.717, 1.165) is 30.6 Å². The molecule has 1 heterocycles. The van der Waals surface area contributed by atoms with E-state index in [1.165, 1.54) is 5.56 Å². The number of hydrogen-bond donors (Lipinski definition) is 1. The zero-order chi connectivity index (χ0) is 18.4. The van der Waals surface area contributed by atoms with Crippen LogP contribution in [0.4, 0.5) is 5.69 Å². The molecule has 26 heavy (non-hydrogen) atoms. The van der Waals surface area contributed by atoms with E-state index >= 15 is 0 Å². The number of nitrogens with one attached hydrogen (secondary N) is 1. The van der Waals surface area contributed by atoms with Crippen molar-refractivity contribution in [2.45, 2.75) is 38.5 Å². The fourth-order valence-corrected chi connectivity index (χ4v) is 3.42. The molecule has 2 aromatic carbocycles. The third-order valence-electron chi connectivity index (χ3n) is 5.00. The van der Waals surface area contributed by atoms with Gasteiger partial charge in [-0.05, 0) is 36.1 Å². The second kappa shape index (κ2) is 8.65. The summed E-state index contributed by atoms with van der Waals surface area (Å²) in [5.41, 5.74) is 3.15. The SMILES string of the molecule is CC[C@H](CNC(=O)Cc1ccc(N2CCCC2=O)cc1)c1ccccc1. The molecule has 1 N–H and O–H groups in total. The Morgan fingerprint density at radius 2 is 1.85 bits per heavy atom. The molecule has 4 nitrogen and oxygen atoms in total. The molecule has 0 aromatic heterocycles. The summed E-state index contributed by atoms with van der Waals surface area (Å²) in [4.78, 5) is 25.9. The van der Waals surface area contributed by atoms with Crippen molar-refractivity contribution in [2.24, 2.45) is 0 Å². The summed E-state index contributed by atoms with van der Waals surface area (Å²) in [6, 6.07) is 18.0. The highest BCUT2D eigenvalue weighted by Crippen LogP contribution is 2.22. The molecule has 0 radical (unpaired) electrons. The molecule has 1 aliphatic heterocycles. The maximum absolute atomic E-state index is 12.3. The molecule has 2 amide bonds. The molecule has 1 saturated heterocycles. The summed E-state index contributed by atoms with van der Waals surface area (Å²) in [7, 11) is 0. The van der Waals surface area contributed by atoms with Crippen LogP contribution in [-0.4, -0.2) is 24.9 Å². The molecule has 0 saturated carbocycles. The topological polar surface area (TPSA) is 49.4 Å². The molecular formula is C22H26N2O2. The molecule has 1 aliphatic rings. The molecule has 0 bridgehead atoms. The van der Waals surface area contributed by atoms with E-state index < -0.39 is 0 Å². The largest absolute Gasteiger partial charge is 0.355 e. The van der Waals surface area contributed by atoms with E-state index in [1.807, 2.05) is 47.4 Å². The van der Waals surface area contributed by atoms with Crippen LogP contribution in [0.1, 0.15) is 43.2 Å². The minimum atomic E-state index is 0.0318. The number of carbonyl (C=O) groups excluding carboxylic acids is 2. The van der Waals surface area contributed by atoms with Gasteiger partial charge in [-0.15, -0.1) is 0 Å². The fourth-order valence-electron chi connectivity index (χ4n) is 3.42. The predicted molar refractivity (Wildman–Crippen MR) is 104 cm³/mol. The van der Waals surface area contributed by atoms with Crippen LogP contribution >= 0.6 is 0 Å². The first kappa shape index (κ1) is 18.2. The number of amides is 2. The maximum atomic E-state index is 12.3. The molecule has 2 aromatic rings. The maximum Gasteiger partial charge on any atom is 0.227 e. The average Bonchev–Trinajstić information content (AvgIpc) is 3.10. The molecule has 4 heteroatoms. The van der Waals surface area contributed by atoms with Crippen LogP contribution in [0.2, 0.25) is 0 Å². The van der Waals surface area contributed by atoms with Gasteiger partial charge >= 0.3 is 0 Å². The Morgan fingerprint density at radius 1 is 1.12 bits per heavy atom. The van der Waals surface area contributed by atoms with Gasteiger partial charge in [-0.2, -0.15) is 0 Å². The number of rotatable bonds is 7. The minimum Gasteiger partial charge on any atom is -0.355 e. The fraction of sp³-hybridized carbons (Fsp3) is 0.364. The lowest BCUT2D eigenvalue weighted by Gasteiger charge is -2.17. The Morgan fingerprint density at radius 3 is 2.46 bits per heavy atom. The van der Waals surface area contributed by atoms with E-state index in [2.05, 4.69) is 24.4 Å². The Hall–Kier alpha value is -2.62. The van der Waals surface area contributed by atoms with Gasteiger partial charge in [0.2, 0.25) is 11.8 Å². The van der Waals surface area contributed by atoms with Crippen molar-refractivity contribution < 1.29 is 9.59 Å². The molecule has 0 unspecified atom stereocenters. The van der Waals surface area contributed by atoms with Crippen molar-refractivity contribution in [3.63, 3.8) is 0 Å². The monoisotopic (exact) mass is 350 g/mol. The van der Waals surface area contributed by atoms with Gasteiger partial charge in [-0.3, -0.25) is 9.59 Å². The van der Waals surface area contributed by atoms with Gasteiger partial charge in [0.25, 0.3) is 0 Å². The third kappa shape index (κ3) is 4.51. The Labute approximate surface area is 155 Å². The lowest BCUT2D eigenvalue weighted by Crippen LogP contribution is -2.29. The van der Waals surface area contributed by atoms with Gasteiger partial charge in [0.05, 0.1) is 6.42 Å². The number of hydrogen-bond acceptors (Lipinski definition) is 2. The molecular weight excluding hydrogens is 324 g/mol. The highest BCUT2D eigenvalue weighted by molar-refractivity contribution is 5.95. The highest BCUT2D eigenvalue weighted by atomic mass is 16.2. The second-order valence-electron chi connectivity index (χ2n) is 6.81. The van der Waals surface area contributed by atoms with Crippen molar-refractivity contribution in [1.29, 1.82) is 0 Å². The predicted octanol–water partition coefficient (Wildman–Crippen LogP) is 3.67. The molecule has 1 fully saturated rings. The van der Waals surface area contributed by atoms with Crippen LogP contribution < -0.4 is 10.2 Å². The third-order valence-corrected chi connectivity index (χ3v) is 5.00. The van der Waals surface area contributed by atoms with Gasteiger partial charge in [0.1, 0.15) is 0 Å². The number of nitrogens with zero attached hydrogens (tertiary/aromatic N) is 1. The lowest BCUT2D eigenvalue weighted by molar-refractivity contribution is -0.120. The van der Waals surface area contributed by atoms with Crippen molar-refractivity contribution in [3.05, 3.63) is 65.7 Å². The molecule has 136 valence electrons. The van der Waals surface area contributed by atoms with Crippen LogP contribution in [0, 0.1) is 0 Å². The van der Waals surface area contributed by atoms with Crippen LogP contribution in [0.25, 0.3) is 0 Å². The second-order valence-corrected chi connectivity index (χ2v) is 6.81. The van der Waals surface area contributed by atoms with Gasteiger partial charge in [0.15, 0.2) is 0 Å². The smallest absolute Gasteiger partial charge is 0.227 e. The highest BCUT2D eigenvalue weighted by Gasteiger charge is 2.21. The quantitative estimate of drug-likeness (QED) is 0.828. The van der Waals surface area contributed by atoms with Crippen LogP contribution in [0.15, 0.2) is 54.6 Å². The lowest BCUT2D eigenvalue weighted by atomic mass is 9.96. The van der Waals surface area contributed by atoms with E-state index in [9.17, 15) is 9.59 Å². The Kier molecular flexibility index (Phi) is 6.05. The first-order valence-corrected chi connectivity index (χ1v) is 9.38. The Balaban J connectivity index is 1.52. The van der Waals surface area contributed by atoms with Gasteiger partial charge in [-0.25, -0.2) is 0 Å². The summed E-state index contributed by atoms with van der Waals surface area (Å²) in [5, 5.41) is 3.05. The summed E-state index contributed by atoms with van der Waals surface area (Å²) in [6.07, 6.45) is 2.90. The summed E-state index contributed by atoms with van der Waals surface area (Å²) < 4.78 is 0. The standard InChI is InChI=1S/C22H26N2O2/c1-2-18(19-7-4-3-5-8-19)16-23-21(25)15-17-10-12-20(13-11-17)24-14-6-9-22(24)26/h3-5,7-8,10-13,18H,2,6,9,14-16H2,1H3,(H,23,25)/t18-/m1/s1. The Bertz CT molecular complexity index is 740. The van der Waals surface area contributed by atoms with E-state index in [0.29, 0.717) is 25.3 Å². The molecule has 0 spiro atoms. The van der Waals surface area contributed by atoms with Crippen molar-refractivity contribution in [3.8, 4) is 0 Å². The number of anilines is 1. The van der Waals surface area contributed by atoms with Crippen molar-refractivity contribution >= 4 is 17.5 Å². The van der Waals surface area contributed by atoms with Crippen molar-refractivity contribution in [1.82, 2.24) is 5.32 Å². The molecule has 1 atom stereocenters. The van der Waals surface area contributed by atoms with Gasteiger partial charge in [0, 0.05) is 31.1 Å². The number of benzene rings is 2. The van der Waals surface area contributed by atoms with E-state index in [-0.39, 0.29) is 11.8 Å². The summed E-state index contributed by atoms with van der Waals surface area (Å²) in [6.45, 7) is 3.58. The summed E-state index contributed by atoms with van der Waals surface area (Å²) >= 11 is 0. The summed E-state index contributed by atoms with van der Waals surface area (Å²) in [5.74, 6) is 0.551. The molecule has 0 aliphatic carbocycles.